The van der Waals surface area contributed by atoms with Crippen molar-refractivity contribution in [1.82, 2.24) is 0 Å². The number of ether oxygens (including phenoxy) is 2. The molecule has 0 amide bonds. The Morgan fingerprint density at radius 3 is 2.50 bits per heavy atom. The first kappa shape index (κ1) is 8.40. The van der Waals surface area contributed by atoms with Crippen molar-refractivity contribution in [2.45, 2.75) is 11.9 Å². The van der Waals surface area contributed by atoms with E-state index in [9.17, 15) is 0 Å². The fourth-order valence-corrected chi connectivity index (χ4v) is 0.481. The SMILES string of the molecule is COCCOC(C)Br. The van der Waals surface area contributed by atoms with E-state index in [-0.39, 0.29) is 5.01 Å². The van der Waals surface area contributed by atoms with Gasteiger partial charge in [0.15, 0.2) is 0 Å². The Kier molecular flexibility index (Phi) is 5.81. The van der Waals surface area contributed by atoms with Crippen molar-refractivity contribution in [1.29, 1.82) is 0 Å². The van der Waals surface area contributed by atoms with Crippen LogP contribution in [0.3, 0.4) is 0 Å². The van der Waals surface area contributed by atoms with E-state index in [1.165, 1.54) is 0 Å². The van der Waals surface area contributed by atoms with Crippen LogP contribution >= 0.6 is 15.9 Å². The van der Waals surface area contributed by atoms with Gasteiger partial charge in [-0.15, -0.1) is 0 Å². The maximum absolute atomic E-state index is 5.07. The van der Waals surface area contributed by atoms with Gasteiger partial charge in [-0.25, -0.2) is 0 Å². The molecule has 0 bridgehead atoms. The highest BCUT2D eigenvalue weighted by atomic mass is 79.9. The second-order valence-corrected chi connectivity index (χ2v) is 2.70. The van der Waals surface area contributed by atoms with Gasteiger partial charge in [0.05, 0.1) is 13.2 Å². The largest absolute Gasteiger partial charge is 0.382 e. The average Bonchev–Trinajstić information content (AvgIpc) is 1.66. The molecule has 0 fully saturated rings. The van der Waals surface area contributed by atoms with Crippen LogP contribution in [0.25, 0.3) is 0 Å². The number of hydrogen-bond acceptors (Lipinski definition) is 2. The van der Waals surface area contributed by atoms with Crippen molar-refractivity contribution in [2.24, 2.45) is 0 Å². The fourth-order valence-electron chi connectivity index (χ4n) is 0.294. The summed E-state index contributed by atoms with van der Waals surface area (Å²) in [6.45, 7) is 3.24. The van der Waals surface area contributed by atoms with E-state index < -0.39 is 0 Å². The number of rotatable bonds is 4. The Balaban J connectivity index is 2.72. The van der Waals surface area contributed by atoms with Gasteiger partial charge in [-0.2, -0.15) is 0 Å². The summed E-state index contributed by atoms with van der Waals surface area (Å²) < 4.78 is 9.82. The first-order valence-corrected chi connectivity index (χ1v) is 3.43. The smallest absolute Gasteiger partial charge is 0.109 e. The molecule has 1 unspecified atom stereocenters. The van der Waals surface area contributed by atoms with Gasteiger partial charge in [-0.05, 0) is 6.92 Å². The number of halogens is 1. The van der Waals surface area contributed by atoms with E-state index in [2.05, 4.69) is 15.9 Å². The molecule has 0 radical (unpaired) electrons. The van der Waals surface area contributed by atoms with Crippen LogP contribution in [0.15, 0.2) is 0 Å². The molecule has 0 aliphatic heterocycles. The molecular formula is C5H11BrO2. The fraction of sp³-hybridized carbons (Fsp3) is 1.00. The summed E-state index contributed by atoms with van der Waals surface area (Å²) in [4.78, 5) is 0. The summed E-state index contributed by atoms with van der Waals surface area (Å²) in [5.41, 5.74) is 0. The minimum Gasteiger partial charge on any atom is -0.382 e. The van der Waals surface area contributed by atoms with Gasteiger partial charge in [0.2, 0.25) is 0 Å². The molecule has 1 atom stereocenters. The highest BCUT2D eigenvalue weighted by molar-refractivity contribution is 9.09. The van der Waals surface area contributed by atoms with E-state index in [0.717, 1.165) is 0 Å². The molecule has 8 heavy (non-hydrogen) atoms. The molecule has 0 aliphatic carbocycles. The van der Waals surface area contributed by atoms with Crippen molar-refractivity contribution >= 4 is 15.9 Å². The van der Waals surface area contributed by atoms with Crippen molar-refractivity contribution in [2.75, 3.05) is 20.3 Å². The Morgan fingerprint density at radius 1 is 1.50 bits per heavy atom. The summed E-state index contributed by atoms with van der Waals surface area (Å²) in [6, 6.07) is 0. The second-order valence-electron chi connectivity index (χ2n) is 1.41. The summed E-state index contributed by atoms with van der Waals surface area (Å²) in [5.74, 6) is 0. The van der Waals surface area contributed by atoms with E-state index in [0.29, 0.717) is 13.2 Å². The van der Waals surface area contributed by atoms with Crippen molar-refractivity contribution in [3.63, 3.8) is 0 Å². The van der Waals surface area contributed by atoms with Gasteiger partial charge in [-0.1, -0.05) is 15.9 Å². The van der Waals surface area contributed by atoms with Crippen molar-refractivity contribution in [3.8, 4) is 0 Å². The zero-order valence-corrected chi connectivity index (χ0v) is 6.77. The normalized spacial score (nSPS) is 13.9. The zero-order valence-electron chi connectivity index (χ0n) is 5.19. The van der Waals surface area contributed by atoms with Gasteiger partial charge in [0.1, 0.15) is 5.01 Å². The maximum atomic E-state index is 5.07. The third kappa shape index (κ3) is 6.40. The zero-order chi connectivity index (χ0) is 6.41. The summed E-state index contributed by atoms with van der Waals surface area (Å²) >= 11 is 3.23. The quantitative estimate of drug-likeness (QED) is 0.484. The van der Waals surface area contributed by atoms with Gasteiger partial charge in [-0.3, -0.25) is 0 Å². The van der Waals surface area contributed by atoms with Crippen LogP contribution in [0.2, 0.25) is 0 Å². The van der Waals surface area contributed by atoms with Gasteiger partial charge < -0.3 is 9.47 Å². The number of hydrogen-bond donors (Lipinski definition) is 0. The van der Waals surface area contributed by atoms with Crippen LogP contribution in [0, 0.1) is 0 Å². The predicted octanol–water partition coefficient (Wildman–Crippen LogP) is 1.39. The molecule has 0 aromatic rings. The molecule has 0 aromatic carbocycles. The van der Waals surface area contributed by atoms with Crippen LogP contribution < -0.4 is 0 Å². The van der Waals surface area contributed by atoms with Crippen LogP contribution in [0.1, 0.15) is 6.92 Å². The molecule has 0 heterocycles. The topological polar surface area (TPSA) is 18.5 Å². The van der Waals surface area contributed by atoms with Crippen molar-refractivity contribution < 1.29 is 9.47 Å². The monoisotopic (exact) mass is 182 g/mol. The molecule has 0 aliphatic rings. The molecule has 2 nitrogen and oxygen atoms in total. The third-order valence-corrected chi connectivity index (χ3v) is 0.899. The average molecular weight is 183 g/mol. The first-order chi connectivity index (χ1) is 3.77. The molecule has 50 valence electrons. The van der Waals surface area contributed by atoms with Gasteiger partial charge in [0.25, 0.3) is 0 Å². The van der Waals surface area contributed by atoms with Gasteiger partial charge >= 0.3 is 0 Å². The van der Waals surface area contributed by atoms with Crippen LogP contribution in [0.4, 0.5) is 0 Å². The molecule has 0 saturated heterocycles. The lowest BCUT2D eigenvalue weighted by Gasteiger charge is -2.03. The molecule has 0 saturated carbocycles. The third-order valence-electron chi connectivity index (χ3n) is 0.635. The molecular weight excluding hydrogens is 172 g/mol. The van der Waals surface area contributed by atoms with E-state index in [1.54, 1.807) is 7.11 Å². The van der Waals surface area contributed by atoms with Crippen LogP contribution in [0.5, 0.6) is 0 Å². The minimum atomic E-state index is 0.137. The molecule has 0 N–H and O–H groups in total. The van der Waals surface area contributed by atoms with E-state index in [1.807, 2.05) is 6.92 Å². The molecule has 0 spiro atoms. The standard InChI is InChI=1S/C5H11BrO2/c1-5(6)8-4-3-7-2/h5H,3-4H2,1-2H3. The number of alkyl halides is 1. The maximum Gasteiger partial charge on any atom is 0.109 e. The summed E-state index contributed by atoms with van der Waals surface area (Å²) in [5, 5.41) is 0.137. The summed E-state index contributed by atoms with van der Waals surface area (Å²) in [7, 11) is 1.66. The lowest BCUT2D eigenvalue weighted by molar-refractivity contribution is 0.0666. The van der Waals surface area contributed by atoms with E-state index in [4.69, 9.17) is 9.47 Å². The van der Waals surface area contributed by atoms with Crippen LogP contribution in [-0.4, -0.2) is 25.3 Å². The summed E-state index contributed by atoms with van der Waals surface area (Å²) in [6.07, 6.45) is 0. The number of methoxy groups -OCH3 is 1. The Hall–Kier alpha value is 0.400. The first-order valence-electron chi connectivity index (χ1n) is 2.52. The van der Waals surface area contributed by atoms with Crippen LogP contribution in [-0.2, 0) is 9.47 Å². The molecule has 3 heteroatoms. The predicted molar refractivity (Wildman–Crippen MR) is 36.2 cm³/mol. The Morgan fingerprint density at radius 2 is 2.12 bits per heavy atom. The van der Waals surface area contributed by atoms with Gasteiger partial charge in [0, 0.05) is 7.11 Å². The van der Waals surface area contributed by atoms with Crippen molar-refractivity contribution in [3.05, 3.63) is 0 Å². The Bertz CT molecular complexity index is 47.7. The minimum absolute atomic E-state index is 0.137. The molecule has 0 rings (SSSR count). The second kappa shape index (κ2) is 5.54. The lowest BCUT2D eigenvalue weighted by atomic mass is 10.7. The molecule has 0 aromatic heterocycles. The van der Waals surface area contributed by atoms with E-state index >= 15 is 0 Å². The Labute approximate surface area is 58.3 Å². The highest BCUT2D eigenvalue weighted by Gasteiger charge is 1.91. The highest BCUT2D eigenvalue weighted by Crippen LogP contribution is 1.97. The lowest BCUT2D eigenvalue weighted by Crippen LogP contribution is -2.05.